The van der Waals surface area contributed by atoms with E-state index in [1.165, 1.54) is 0 Å². The highest BCUT2D eigenvalue weighted by atomic mass is 16.3. The lowest BCUT2D eigenvalue weighted by molar-refractivity contribution is 0.0754. The summed E-state index contributed by atoms with van der Waals surface area (Å²) in [6.07, 6.45) is -0.0620. The first-order valence-electron chi connectivity index (χ1n) is 8.28. The Morgan fingerprint density at radius 3 is 2.83 bits per heavy atom. The molecule has 1 aliphatic rings. The number of fused-ring (bicyclic) bond motifs is 1. The molecule has 1 aromatic carbocycles. The van der Waals surface area contributed by atoms with Gasteiger partial charge in [0.15, 0.2) is 5.69 Å². The van der Waals surface area contributed by atoms with Gasteiger partial charge in [-0.05, 0) is 25.1 Å². The summed E-state index contributed by atoms with van der Waals surface area (Å²) in [4.78, 5) is 16.4. The number of carbonyl (C=O) groups excluding carboxylic acids is 1. The van der Waals surface area contributed by atoms with Crippen LogP contribution in [0.2, 0.25) is 0 Å². The molecule has 0 spiro atoms. The maximum absolute atomic E-state index is 12.5. The summed E-state index contributed by atoms with van der Waals surface area (Å²) in [6.45, 7) is 3.06. The topological polar surface area (TPSA) is 61.6 Å². The molecule has 6 heteroatoms. The fourth-order valence-corrected chi connectivity index (χ4v) is 2.96. The standard InChI is InChI=1S/C18H24N4O2/c1-20-10-11-22-15(13-20)12-16(19-22)18(24)21(2)9-8-17(23)14-6-4-3-5-7-14/h3-7,12,17,23H,8-11,13H2,1-2H3. The molecule has 0 fully saturated rings. The van der Waals surface area contributed by atoms with Gasteiger partial charge in [0, 0.05) is 26.7 Å². The van der Waals surface area contributed by atoms with Crippen LogP contribution < -0.4 is 0 Å². The fourth-order valence-electron chi connectivity index (χ4n) is 2.96. The van der Waals surface area contributed by atoms with Gasteiger partial charge in [-0.2, -0.15) is 5.10 Å². The number of rotatable bonds is 5. The number of aromatic nitrogens is 2. The number of likely N-dealkylation sites (N-methyl/N-ethyl adjacent to an activating group) is 1. The van der Waals surface area contributed by atoms with E-state index in [2.05, 4.69) is 17.0 Å². The molecule has 2 heterocycles. The zero-order valence-electron chi connectivity index (χ0n) is 14.2. The quantitative estimate of drug-likeness (QED) is 0.904. The summed E-state index contributed by atoms with van der Waals surface area (Å²) in [7, 11) is 3.82. The Morgan fingerprint density at radius 2 is 2.08 bits per heavy atom. The Balaban J connectivity index is 1.59. The van der Waals surface area contributed by atoms with E-state index in [1.807, 2.05) is 41.1 Å². The molecule has 1 unspecified atom stereocenters. The van der Waals surface area contributed by atoms with Crippen LogP contribution in [0.25, 0.3) is 0 Å². The molecule has 24 heavy (non-hydrogen) atoms. The van der Waals surface area contributed by atoms with Crippen LogP contribution in [0.1, 0.15) is 34.3 Å². The van der Waals surface area contributed by atoms with Gasteiger partial charge in [-0.25, -0.2) is 0 Å². The summed E-state index contributed by atoms with van der Waals surface area (Å²) >= 11 is 0. The largest absolute Gasteiger partial charge is 0.388 e. The van der Waals surface area contributed by atoms with Crippen LogP contribution in [0.3, 0.4) is 0 Å². The summed E-state index contributed by atoms with van der Waals surface area (Å²) in [5.41, 5.74) is 2.43. The van der Waals surface area contributed by atoms with Crippen LogP contribution >= 0.6 is 0 Å². The first-order chi connectivity index (χ1) is 11.5. The van der Waals surface area contributed by atoms with Crippen molar-refractivity contribution in [3.05, 3.63) is 53.3 Å². The summed E-state index contributed by atoms with van der Waals surface area (Å²) in [6, 6.07) is 11.4. The molecule has 0 aliphatic carbocycles. The van der Waals surface area contributed by atoms with E-state index in [4.69, 9.17) is 0 Å². The molecule has 6 nitrogen and oxygen atoms in total. The van der Waals surface area contributed by atoms with Gasteiger partial charge in [-0.15, -0.1) is 0 Å². The van der Waals surface area contributed by atoms with E-state index in [1.54, 1.807) is 11.9 Å². The normalized spacial score (nSPS) is 15.8. The van der Waals surface area contributed by atoms with Gasteiger partial charge >= 0.3 is 0 Å². The second-order valence-electron chi connectivity index (χ2n) is 6.42. The third kappa shape index (κ3) is 3.66. The van der Waals surface area contributed by atoms with Gasteiger partial charge in [-0.1, -0.05) is 30.3 Å². The average molecular weight is 328 g/mol. The lowest BCUT2D eigenvalue weighted by Gasteiger charge is -2.22. The monoisotopic (exact) mass is 328 g/mol. The predicted octanol–water partition coefficient (Wildman–Crippen LogP) is 1.52. The summed E-state index contributed by atoms with van der Waals surface area (Å²) in [5.74, 6) is -0.0974. The SMILES string of the molecule is CN1CCn2nc(C(=O)N(C)CCC(O)c3ccccc3)cc2C1. The van der Waals surface area contributed by atoms with E-state index in [9.17, 15) is 9.90 Å². The molecule has 1 atom stereocenters. The minimum absolute atomic E-state index is 0.0974. The van der Waals surface area contributed by atoms with Gasteiger partial charge < -0.3 is 10.0 Å². The highest BCUT2D eigenvalue weighted by molar-refractivity contribution is 5.92. The fraction of sp³-hybridized carbons (Fsp3) is 0.444. The highest BCUT2D eigenvalue weighted by Crippen LogP contribution is 2.17. The third-order valence-corrected chi connectivity index (χ3v) is 4.48. The second kappa shape index (κ2) is 7.15. The summed E-state index contributed by atoms with van der Waals surface area (Å²) in [5, 5.41) is 14.6. The van der Waals surface area contributed by atoms with Gasteiger partial charge in [0.05, 0.1) is 18.3 Å². The van der Waals surface area contributed by atoms with Crippen LogP contribution in [0.15, 0.2) is 36.4 Å². The summed E-state index contributed by atoms with van der Waals surface area (Å²) < 4.78 is 1.92. The van der Waals surface area contributed by atoms with Gasteiger partial charge in [0.25, 0.3) is 5.91 Å². The molecule has 3 rings (SSSR count). The Bertz CT molecular complexity index is 698. The molecular formula is C18H24N4O2. The molecule has 128 valence electrons. The van der Waals surface area contributed by atoms with Crippen molar-refractivity contribution in [2.45, 2.75) is 25.6 Å². The van der Waals surface area contributed by atoms with Gasteiger partial charge in [-0.3, -0.25) is 14.4 Å². The van der Waals surface area contributed by atoms with E-state index >= 15 is 0 Å². The predicted molar refractivity (Wildman–Crippen MR) is 91.5 cm³/mol. The van der Waals surface area contributed by atoms with Crippen LogP contribution in [0.5, 0.6) is 0 Å². The minimum Gasteiger partial charge on any atom is -0.388 e. The van der Waals surface area contributed by atoms with Crippen molar-refractivity contribution in [2.24, 2.45) is 0 Å². The molecule has 0 radical (unpaired) electrons. The molecule has 1 aliphatic heterocycles. The van der Waals surface area contributed by atoms with Crippen molar-refractivity contribution in [1.82, 2.24) is 19.6 Å². The number of amides is 1. The Kier molecular flexibility index (Phi) is 4.97. The van der Waals surface area contributed by atoms with E-state index in [0.29, 0.717) is 18.7 Å². The van der Waals surface area contributed by atoms with E-state index in [0.717, 1.165) is 30.9 Å². The Morgan fingerprint density at radius 1 is 1.33 bits per heavy atom. The van der Waals surface area contributed by atoms with Crippen molar-refractivity contribution < 1.29 is 9.90 Å². The highest BCUT2D eigenvalue weighted by Gasteiger charge is 2.21. The van der Waals surface area contributed by atoms with Crippen molar-refractivity contribution in [2.75, 3.05) is 27.2 Å². The molecule has 1 aromatic heterocycles. The van der Waals surface area contributed by atoms with E-state index in [-0.39, 0.29) is 5.91 Å². The molecule has 0 bridgehead atoms. The molecular weight excluding hydrogens is 304 g/mol. The first-order valence-corrected chi connectivity index (χ1v) is 8.28. The number of nitrogens with zero attached hydrogens (tertiary/aromatic N) is 4. The third-order valence-electron chi connectivity index (χ3n) is 4.48. The molecule has 1 amide bonds. The lowest BCUT2D eigenvalue weighted by Crippen LogP contribution is -2.31. The van der Waals surface area contributed by atoms with Crippen molar-refractivity contribution in [1.29, 1.82) is 0 Å². The zero-order valence-corrected chi connectivity index (χ0v) is 14.2. The van der Waals surface area contributed by atoms with Gasteiger partial charge in [0.1, 0.15) is 0 Å². The zero-order chi connectivity index (χ0) is 17.1. The molecule has 0 saturated heterocycles. The number of hydrogen-bond donors (Lipinski definition) is 1. The van der Waals surface area contributed by atoms with Crippen LogP contribution in [-0.2, 0) is 13.1 Å². The van der Waals surface area contributed by atoms with E-state index < -0.39 is 6.10 Å². The van der Waals surface area contributed by atoms with Crippen LogP contribution in [0, 0.1) is 0 Å². The van der Waals surface area contributed by atoms with Gasteiger partial charge in [0.2, 0.25) is 0 Å². The molecule has 2 aromatic rings. The maximum atomic E-state index is 12.5. The number of carbonyl (C=O) groups is 1. The van der Waals surface area contributed by atoms with Crippen molar-refractivity contribution in [3.63, 3.8) is 0 Å². The number of aliphatic hydroxyl groups excluding tert-OH is 1. The first kappa shape index (κ1) is 16.7. The maximum Gasteiger partial charge on any atom is 0.274 e. The second-order valence-corrected chi connectivity index (χ2v) is 6.42. The Hall–Kier alpha value is -2.18. The lowest BCUT2D eigenvalue weighted by atomic mass is 10.1. The molecule has 1 N–H and O–H groups in total. The smallest absolute Gasteiger partial charge is 0.274 e. The van der Waals surface area contributed by atoms with Crippen LogP contribution in [-0.4, -0.2) is 57.8 Å². The minimum atomic E-state index is -0.565. The number of hydrogen-bond acceptors (Lipinski definition) is 4. The average Bonchev–Trinajstić information content (AvgIpc) is 3.02. The molecule has 0 saturated carbocycles. The van der Waals surface area contributed by atoms with Crippen molar-refractivity contribution in [3.8, 4) is 0 Å². The van der Waals surface area contributed by atoms with Crippen LogP contribution in [0.4, 0.5) is 0 Å². The number of benzene rings is 1. The Labute approximate surface area is 142 Å². The number of aliphatic hydroxyl groups is 1. The van der Waals surface area contributed by atoms with Crippen molar-refractivity contribution >= 4 is 5.91 Å².